The fraction of sp³-hybridized carbons (Fsp3) is 0.133. The standard InChI is InChI=1S/C15H12Cl2N2O/c1-8-6-10-13(7-12(8)17)19-14(20)15(10,18)9-4-2-3-5-11(9)16/h2-7H,18H2,1H3,(H,19,20). The van der Waals surface area contributed by atoms with Gasteiger partial charge in [-0.15, -0.1) is 0 Å². The van der Waals surface area contributed by atoms with E-state index in [0.717, 1.165) is 5.56 Å². The van der Waals surface area contributed by atoms with Crippen molar-refractivity contribution in [2.45, 2.75) is 12.5 Å². The number of carbonyl (C=O) groups is 1. The van der Waals surface area contributed by atoms with Crippen molar-refractivity contribution >= 4 is 34.8 Å². The van der Waals surface area contributed by atoms with E-state index < -0.39 is 5.54 Å². The van der Waals surface area contributed by atoms with Crippen LogP contribution >= 0.6 is 23.2 Å². The van der Waals surface area contributed by atoms with E-state index in [0.29, 0.717) is 26.9 Å². The maximum absolute atomic E-state index is 12.4. The molecule has 1 aliphatic heterocycles. The number of hydrogen-bond donors (Lipinski definition) is 2. The zero-order valence-electron chi connectivity index (χ0n) is 10.7. The van der Waals surface area contributed by atoms with E-state index in [-0.39, 0.29) is 5.91 Å². The van der Waals surface area contributed by atoms with Crippen molar-refractivity contribution in [3.8, 4) is 0 Å². The van der Waals surface area contributed by atoms with Crippen LogP contribution < -0.4 is 11.1 Å². The first-order chi connectivity index (χ1) is 9.44. The summed E-state index contributed by atoms with van der Waals surface area (Å²) < 4.78 is 0. The molecule has 0 spiro atoms. The largest absolute Gasteiger partial charge is 0.323 e. The van der Waals surface area contributed by atoms with E-state index in [1.165, 1.54) is 0 Å². The molecule has 1 heterocycles. The van der Waals surface area contributed by atoms with Crippen LogP contribution in [0.5, 0.6) is 0 Å². The monoisotopic (exact) mass is 306 g/mol. The van der Waals surface area contributed by atoms with Crippen molar-refractivity contribution in [2.75, 3.05) is 5.32 Å². The van der Waals surface area contributed by atoms with Crippen molar-refractivity contribution in [3.63, 3.8) is 0 Å². The summed E-state index contributed by atoms with van der Waals surface area (Å²) in [5.41, 5.74) is 7.90. The molecule has 1 unspecified atom stereocenters. The van der Waals surface area contributed by atoms with Crippen LogP contribution in [0.25, 0.3) is 0 Å². The summed E-state index contributed by atoms with van der Waals surface area (Å²) >= 11 is 12.3. The second-order valence-electron chi connectivity index (χ2n) is 4.89. The molecule has 0 saturated heterocycles. The number of fused-ring (bicyclic) bond motifs is 1. The van der Waals surface area contributed by atoms with Crippen molar-refractivity contribution < 1.29 is 4.79 Å². The second kappa shape index (κ2) is 4.48. The molecule has 0 aliphatic carbocycles. The van der Waals surface area contributed by atoms with Crippen LogP contribution in [-0.4, -0.2) is 5.91 Å². The molecule has 3 N–H and O–H groups in total. The maximum Gasteiger partial charge on any atom is 0.253 e. The average molecular weight is 307 g/mol. The van der Waals surface area contributed by atoms with Gasteiger partial charge < -0.3 is 11.1 Å². The van der Waals surface area contributed by atoms with Gasteiger partial charge in [-0.25, -0.2) is 0 Å². The van der Waals surface area contributed by atoms with Crippen LogP contribution in [0.1, 0.15) is 16.7 Å². The summed E-state index contributed by atoms with van der Waals surface area (Å²) in [4.78, 5) is 12.4. The Bertz CT molecular complexity index is 730. The van der Waals surface area contributed by atoms with Gasteiger partial charge in [0.1, 0.15) is 0 Å². The van der Waals surface area contributed by atoms with E-state index in [1.807, 2.05) is 19.1 Å². The van der Waals surface area contributed by atoms with Crippen LogP contribution in [0.3, 0.4) is 0 Å². The Balaban J connectivity index is 2.29. The van der Waals surface area contributed by atoms with Gasteiger partial charge in [0.2, 0.25) is 0 Å². The first-order valence-electron chi connectivity index (χ1n) is 6.10. The minimum absolute atomic E-state index is 0.303. The number of hydrogen-bond acceptors (Lipinski definition) is 2. The lowest BCUT2D eigenvalue weighted by molar-refractivity contribution is -0.119. The number of halogens is 2. The first kappa shape index (κ1) is 13.4. The van der Waals surface area contributed by atoms with Gasteiger partial charge in [0, 0.05) is 26.9 Å². The summed E-state index contributed by atoms with van der Waals surface area (Å²) in [5, 5.41) is 3.83. The lowest BCUT2D eigenvalue weighted by atomic mass is 9.84. The molecule has 0 radical (unpaired) electrons. The van der Waals surface area contributed by atoms with Crippen LogP contribution in [0.2, 0.25) is 10.0 Å². The van der Waals surface area contributed by atoms with Gasteiger partial charge in [0.05, 0.1) is 0 Å². The summed E-state index contributed by atoms with van der Waals surface area (Å²) in [6, 6.07) is 10.6. The number of nitrogens with two attached hydrogens (primary N) is 1. The molecule has 3 rings (SSSR count). The third-order valence-electron chi connectivity index (χ3n) is 3.63. The van der Waals surface area contributed by atoms with E-state index in [2.05, 4.69) is 5.32 Å². The maximum atomic E-state index is 12.4. The second-order valence-corrected chi connectivity index (χ2v) is 5.70. The fourth-order valence-electron chi connectivity index (χ4n) is 2.50. The van der Waals surface area contributed by atoms with Crippen LogP contribution in [-0.2, 0) is 10.3 Å². The van der Waals surface area contributed by atoms with E-state index in [1.54, 1.807) is 24.3 Å². The summed E-state index contributed by atoms with van der Waals surface area (Å²) in [5.74, 6) is -0.303. The molecule has 3 nitrogen and oxygen atoms in total. The molecule has 2 aromatic carbocycles. The van der Waals surface area contributed by atoms with Gasteiger partial charge in [0.25, 0.3) is 5.91 Å². The minimum Gasteiger partial charge on any atom is -0.323 e. The first-order valence-corrected chi connectivity index (χ1v) is 6.86. The predicted octanol–water partition coefficient (Wildman–Crippen LogP) is 3.46. The number of benzene rings is 2. The summed E-state index contributed by atoms with van der Waals surface area (Å²) in [6.45, 7) is 1.87. The van der Waals surface area contributed by atoms with Gasteiger partial charge in [-0.1, -0.05) is 41.4 Å². The Morgan fingerprint density at radius 1 is 1.10 bits per heavy atom. The topological polar surface area (TPSA) is 55.1 Å². The Kier molecular flexibility index (Phi) is 3.01. The molecule has 1 amide bonds. The van der Waals surface area contributed by atoms with Gasteiger partial charge in [-0.2, -0.15) is 0 Å². The Labute approximate surface area is 126 Å². The van der Waals surface area contributed by atoms with E-state index in [4.69, 9.17) is 28.9 Å². The highest BCUT2D eigenvalue weighted by Gasteiger charge is 2.46. The normalized spacial score (nSPS) is 20.7. The highest BCUT2D eigenvalue weighted by atomic mass is 35.5. The molecule has 5 heteroatoms. The molecular weight excluding hydrogens is 295 g/mol. The van der Waals surface area contributed by atoms with Crippen LogP contribution in [0.15, 0.2) is 36.4 Å². The molecule has 1 atom stereocenters. The van der Waals surface area contributed by atoms with Gasteiger partial charge in [-0.05, 0) is 30.7 Å². The Morgan fingerprint density at radius 2 is 1.80 bits per heavy atom. The van der Waals surface area contributed by atoms with Crippen molar-refractivity contribution in [3.05, 3.63) is 63.1 Å². The van der Waals surface area contributed by atoms with Crippen molar-refractivity contribution in [1.82, 2.24) is 0 Å². The molecule has 0 bridgehead atoms. The minimum atomic E-state index is -1.29. The third kappa shape index (κ3) is 1.74. The SMILES string of the molecule is Cc1cc2c(cc1Cl)NC(=O)C2(N)c1ccccc1Cl. The van der Waals surface area contributed by atoms with Crippen molar-refractivity contribution in [2.24, 2.45) is 5.73 Å². The van der Waals surface area contributed by atoms with Gasteiger partial charge >= 0.3 is 0 Å². The lowest BCUT2D eigenvalue weighted by Crippen LogP contribution is -2.44. The highest BCUT2D eigenvalue weighted by Crippen LogP contribution is 2.43. The molecule has 0 aromatic heterocycles. The molecule has 0 fully saturated rings. The highest BCUT2D eigenvalue weighted by molar-refractivity contribution is 6.33. The van der Waals surface area contributed by atoms with Crippen LogP contribution in [0, 0.1) is 6.92 Å². The zero-order chi connectivity index (χ0) is 14.5. The number of anilines is 1. The number of aryl methyl sites for hydroxylation is 1. The summed E-state index contributed by atoms with van der Waals surface area (Å²) in [6.07, 6.45) is 0. The number of nitrogens with one attached hydrogen (secondary N) is 1. The van der Waals surface area contributed by atoms with Crippen molar-refractivity contribution in [1.29, 1.82) is 0 Å². The van der Waals surface area contributed by atoms with Gasteiger partial charge in [-0.3, -0.25) is 4.79 Å². The van der Waals surface area contributed by atoms with Crippen LogP contribution in [0.4, 0.5) is 5.69 Å². The zero-order valence-corrected chi connectivity index (χ0v) is 12.2. The lowest BCUT2D eigenvalue weighted by Gasteiger charge is -2.24. The molecule has 2 aromatic rings. The number of rotatable bonds is 1. The van der Waals surface area contributed by atoms with E-state index >= 15 is 0 Å². The quantitative estimate of drug-likeness (QED) is 0.848. The predicted molar refractivity (Wildman–Crippen MR) is 81.2 cm³/mol. The summed E-state index contributed by atoms with van der Waals surface area (Å²) in [7, 11) is 0. The molecule has 0 saturated carbocycles. The molecule has 20 heavy (non-hydrogen) atoms. The fourth-order valence-corrected chi connectivity index (χ4v) is 2.95. The third-order valence-corrected chi connectivity index (χ3v) is 4.37. The smallest absolute Gasteiger partial charge is 0.253 e. The Morgan fingerprint density at radius 3 is 2.50 bits per heavy atom. The molecular formula is C15H12Cl2N2O. The Hall–Kier alpha value is -1.55. The average Bonchev–Trinajstić information content (AvgIpc) is 2.64. The van der Waals surface area contributed by atoms with Gasteiger partial charge in [0.15, 0.2) is 5.54 Å². The number of amides is 1. The number of carbonyl (C=O) groups excluding carboxylic acids is 1. The molecule has 1 aliphatic rings. The molecule has 102 valence electrons. The van der Waals surface area contributed by atoms with E-state index in [9.17, 15) is 4.79 Å².